The van der Waals surface area contributed by atoms with Crippen molar-refractivity contribution in [2.24, 2.45) is 11.8 Å². The number of fused-ring (bicyclic) bond motifs is 5. The predicted octanol–water partition coefficient (Wildman–Crippen LogP) is 4.88. The van der Waals surface area contributed by atoms with Gasteiger partial charge in [0, 0.05) is 0 Å². The largest absolute Gasteiger partial charge is 0.511 e. The van der Waals surface area contributed by atoms with Crippen molar-refractivity contribution in [3.05, 3.63) is 64.7 Å². The van der Waals surface area contributed by atoms with Crippen LogP contribution in [0.1, 0.15) is 29.5 Å². The molecule has 5 rings (SSSR count). The van der Waals surface area contributed by atoms with E-state index in [1.54, 1.807) is 12.1 Å². The minimum atomic E-state index is -0.319. The molecule has 0 amide bonds. The maximum Gasteiger partial charge on any atom is 0.173 e. The zero-order valence-corrected chi connectivity index (χ0v) is 15.7. The van der Waals surface area contributed by atoms with Gasteiger partial charge < -0.3 is 14.6 Å². The van der Waals surface area contributed by atoms with Crippen LogP contribution in [-0.4, -0.2) is 23.1 Å². The molecule has 5 heteroatoms. The molecule has 2 aliphatic heterocycles. The average Bonchev–Trinajstić information content (AvgIpc) is 3.33. The van der Waals surface area contributed by atoms with Crippen LogP contribution in [0, 0.1) is 31.5 Å². The van der Waals surface area contributed by atoms with E-state index in [1.807, 2.05) is 26.0 Å². The summed E-state index contributed by atoms with van der Waals surface area (Å²) in [6, 6.07) is 9.52. The van der Waals surface area contributed by atoms with E-state index in [0.29, 0.717) is 17.1 Å². The fourth-order valence-electron chi connectivity index (χ4n) is 5.08. The molecule has 2 aromatic rings. The third-order valence-electron chi connectivity index (χ3n) is 6.20. The summed E-state index contributed by atoms with van der Waals surface area (Å²) in [7, 11) is 0. The molecule has 1 aliphatic carbocycles. The van der Waals surface area contributed by atoms with Crippen molar-refractivity contribution < 1.29 is 23.8 Å². The number of allylic oxidation sites excluding steroid dienone is 1. The highest BCUT2D eigenvalue weighted by atomic mass is 19.1. The Hall–Kier alpha value is -2.66. The number of carbonyl (C=O) groups is 1. The summed E-state index contributed by atoms with van der Waals surface area (Å²) in [4.78, 5) is 13.1. The molecule has 4 nitrogen and oxygen atoms in total. The summed E-state index contributed by atoms with van der Waals surface area (Å²) in [5, 5.41) is 10.9. The first-order valence-corrected chi connectivity index (χ1v) is 9.62. The van der Waals surface area contributed by atoms with Gasteiger partial charge in [0.25, 0.3) is 0 Å². The molecule has 0 saturated carbocycles. The standard InChI is InChI=1S/C23H21FO4/c1-11-9-15(27-14-5-3-13(24)4-6-14)10-12(2)18(11)21-22(25)19-16-7-8-17(28-16)20(19)23(21)26/h3-6,9-10,16-17,19-20,25H,7-8H2,1-2H3/t16-,17+,19-,20+/m1/s1. The number of hydrogen-bond donors (Lipinski definition) is 1. The van der Waals surface area contributed by atoms with Gasteiger partial charge in [0.2, 0.25) is 0 Å². The first-order valence-electron chi connectivity index (χ1n) is 9.62. The number of benzene rings is 2. The molecule has 4 atom stereocenters. The van der Waals surface area contributed by atoms with Crippen molar-refractivity contribution in [3.63, 3.8) is 0 Å². The van der Waals surface area contributed by atoms with Gasteiger partial charge in [-0.05, 0) is 79.8 Å². The highest BCUT2D eigenvalue weighted by Gasteiger charge is 2.59. The van der Waals surface area contributed by atoms with Crippen LogP contribution in [-0.2, 0) is 9.53 Å². The van der Waals surface area contributed by atoms with Crippen LogP contribution >= 0.6 is 0 Å². The zero-order chi connectivity index (χ0) is 19.6. The van der Waals surface area contributed by atoms with Gasteiger partial charge in [0.15, 0.2) is 5.78 Å². The van der Waals surface area contributed by atoms with Gasteiger partial charge in [-0.15, -0.1) is 0 Å². The number of ketones is 1. The van der Waals surface area contributed by atoms with Crippen molar-refractivity contribution in [1.82, 2.24) is 0 Å². The third kappa shape index (κ3) is 2.49. The molecule has 0 aromatic heterocycles. The smallest absolute Gasteiger partial charge is 0.173 e. The van der Waals surface area contributed by atoms with E-state index in [1.165, 1.54) is 12.1 Å². The quantitative estimate of drug-likeness (QED) is 0.825. The zero-order valence-electron chi connectivity index (χ0n) is 15.7. The summed E-state index contributed by atoms with van der Waals surface area (Å²) in [5.74, 6) is 0.557. The molecule has 0 radical (unpaired) electrons. The van der Waals surface area contributed by atoms with Crippen molar-refractivity contribution in [2.75, 3.05) is 0 Å². The molecule has 28 heavy (non-hydrogen) atoms. The van der Waals surface area contributed by atoms with Crippen molar-refractivity contribution in [2.45, 2.75) is 38.9 Å². The second-order valence-electron chi connectivity index (χ2n) is 7.95. The Morgan fingerprint density at radius 3 is 2.21 bits per heavy atom. The predicted molar refractivity (Wildman–Crippen MR) is 102 cm³/mol. The maximum absolute atomic E-state index is 13.1. The van der Waals surface area contributed by atoms with Gasteiger partial charge in [-0.2, -0.15) is 0 Å². The van der Waals surface area contributed by atoms with Gasteiger partial charge in [-0.25, -0.2) is 4.39 Å². The van der Waals surface area contributed by atoms with Gasteiger partial charge >= 0.3 is 0 Å². The van der Waals surface area contributed by atoms with Crippen LogP contribution in [0.25, 0.3) is 5.57 Å². The molecule has 3 aliphatic rings. The second-order valence-corrected chi connectivity index (χ2v) is 7.95. The molecular weight excluding hydrogens is 359 g/mol. The number of aliphatic hydroxyl groups excluding tert-OH is 1. The highest BCUT2D eigenvalue weighted by molar-refractivity contribution is 6.26. The fourth-order valence-corrected chi connectivity index (χ4v) is 5.08. The van der Waals surface area contributed by atoms with E-state index in [-0.39, 0.29) is 41.4 Å². The van der Waals surface area contributed by atoms with Gasteiger partial charge in [-0.3, -0.25) is 4.79 Å². The van der Waals surface area contributed by atoms with Crippen LogP contribution in [0.4, 0.5) is 4.39 Å². The molecular formula is C23H21FO4. The van der Waals surface area contributed by atoms with Crippen LogP contribution in [0.5, 0.6) is 11.5 Å². The summed E-state index contributed by atoms with van der Waals surface area (Å²) >= 11 is 0. The van der Waals surface area contributed by atoms with Gasteiger partial charge in [0.05, 0.1) is 29.6 Å². The van der Waals surface area contributed by atoms with E-state index in [2.05, 4.69) is 0 Å². The average molecular weight is 380 g/mol. The summed E-state index contributed by atoms with van der Waals surface area (Å²) in [6.07, 6.45) is 1.68. The Kier molecular flexibility index (Phi) is 3.85. The van der Waals surface area contributed by atoms with Gasteiger partial charge in [0.1, 0.15) is 23.1 Å². The second kappa shape index (κ2) is 6.17. The molecule has 2 aromatic carbocycles. The van der Waals surface area contributed by atoms with E-state index in [0.717, 1.165) is 29.5 Å². The van der Waals surface area contributed by atoms with Crippen LogP contribution in [0.2, 0.25) is 0 Å². The Bertz CT molecular complexity index is 985. The molecule has 2 saturated heterocycles. The Balaban J connectivity index is 1.51. The lowest BCUT2D eigenvalue weighted by atomic mass is 9.80. The third-order valence-corrected chi connectivity index (χ3v) is 6.20. The Morgan fingerprint density at radius 1 is 1.00 bits per heavy atom. The first-order chi connectivity index (χ1) is 13.4. The van der Waals surface area contributed by atoms with Crippen molar-refractivity contribution in [1.29, 1.82) is 0 Å². The van der Waals surface area contributed by atoms with Crippen LogP contribution in [0.3, 0.4) is 0 Å². The number of ether oxygens (including phenoxy) is 2. The highest BCUT2D eigenvalue weighted by Crippen LogP contribution is 2.54. The minimum absolute atomic E-state index is 0.00639. The lowest BCUT2D eigenvalue weighted by Gasteiger charge is -2.19. The molecule has 144 valence electrons. The normalized spacial score (nSPS) is 28.2. The number of carbonyl (C=O) groups excluding carboxylic acids is 1. The fraction of sp³-hybridized carbons (Fsp3) is 0.348. The van der Waals surface area contributed by atoms with Crippen LogP contribution < -0.4 is 4.74 Å². The monoisotopic (exact) mass is 380 g/mol. The number of aliphatic hydroxyl groups is 1. The Labute approximate surface area is 162 Å². The molecule has 0 unspecified atom stereocenters. The minimum Gasteiger partial charge on any atom is -0.511 e. The lowest BCUT2D eigenvalue weighted by Crippen LogP contribution is -2.29. The molecule has 2 heterocycles. The molecule has 2 bridgehead atoms. The van der Waals surface area contributed by atoms with E-state index < -0.39 is 0 Å². The molecule has 0 spiro atoms. The van der Waals surface area contributed by atoms with Crippen molar-refractivity contribution >= 4 is 11.4 Å². The number of halogens is 1. The SMILES string of the molecule is Cc1cc(Oc2ccc(F)cc2)cc(C)c1C1=C(O)[C@H]2[C@@H](C1=O)[C@@H]1CC[C@H]2O1. The maximum atomic E-state index is 13.1. The van der Waals surface area contributed by atoms with Crippen LogP contribution in [0.15, 0.2) is 42.2 Å². The number of hydrogen-bond acceptors (Lipinski definition) is 4. The Morgan fingerprint density at radius 2 is 1.61 bits per heavy atom. The van der Waals surface area contributed by atoms with E-state index >= 15 is 0 Å². The first kappa shape index (κ1) is 17.4. The topological polar surface area (TPSA) is 55.8 Å². The molecule has 2 fully saturated rings. The lowest BCUT2D eigenvalue weighted by molar-refractivity contribution is -0.118. The number of rotatable bonds is 3. The van der Waals surface area contributed by atoms with E-state index in [4.69, 9.17) is 9.47 Å². The van der Waals surface area contributed by atoms with E-state index in [9.17, 15) is 14.3 Å². The number of Topliss-reactive ketones (excluding diaryl/α,β-unsaturated/α-hetero) is 1. The number of aryl methyl sites for hydroxylation is 2. The summed E-state index contributed by atoms with van der Waals surface area (Å²) in [6.45, 7) is 3.82. The molecule has 1 N–H and O–H groups in total. The summed E-state index contributed by atoms with van der Waals surface area (Å²) in [5.41, 5.74) is 2.95. The van der Waals surface area contributed by atoms with Gasteiger partial charge in [-0.1, -0.05) is 0 Å². The van der Waals surface area contributed by atoms with Crippen molar-refractivity contribution in [3.8, 4) is 11.5 Å². The summed E-state index contributed by atoms with van der Waals surface area (Å²) < 4.78 is 24.8.